The highest BCUT2D eigenvalue weighted by Crippen LogP contribution is 2.47. The number of carbonyl (C=O) groups is 2. The van der Waals surface area contributed by atoms with E-state index in [0.717, 1.165) is 0 Å². The average molecular weight is 531 g/mol. The van der Waals surface area contributed by atoms with Crippen LogP contribution in [-0.2, 0) is 18.9 Å². The largest absolute Gasteiger partial charge is 0.508 e. The number of aromatic nitrogens is 2. The van der Waals surface area contributed by atoms with Crippen LogP contribution < -0.4 is 19.9 Å². The number of imidazole rings is 1. The van der Waals surface area contributed by atoms with Gasteiger partial charge in [0.1, 0.15) is 23.0 Å². The first kappa shape index (κ1) is 25.7. The fourth-order valence-corrected chi connectivity index (χ4v) is 4.98. The summed E-state index contributed by atoms with van der Waals surface area (Å²) in [6, 6.07) is 13.1. The van der Waals surface area contributed by atoms with Crippen LogP contribution in [0.1, 0.15) is 39.4 Å². The summed E-state index contributed by atoms with van der Waals surface area (Å²) in [5, 5.41) is 20.7. The summed E-state index contributed by atoms with van der Waals surface area (Å²) in [4.78, 5) is 37.7. The van der Waals surface area contributed by atoms with Crippen LogP contribution in [0, 0.1) is 0 Å². The number of nitrogens with zero attached hydrogens (tertiary/aromatic N) is 2. The molecule has 1 atom stereocenters. The minimum atomic E-state index is -1.11. The Labute approximate surface area is 222 Å². The number of hydrogen-bond acceptors (Lipinski definition) is 7. The number of ketones is 1. The van der Waals surface area contributed by atoms with Crippen LogP contribution >= 0.6 is 0 Å². The SMILES string of the molecule is COc1ccc(C=C2Oc3c(ccc(O)c3C(CC(=O)O)c3ccc4c(c3)n(C)c(=O)n4C)C2=O)c(OC)c1. The number of carboxylic acid groups (broad SMARTS) is 1. The van der Waals surface area contributed by atoms with Gasteiger partial charge in [-0.15, -0.1) is 0 Å². The number of Topliss-reactive ketones (excluding diaryl/α,β-unsaturated/α-hetero) is 1. The molecule has 0 amide bonds. The van der Waals surface area contributed by atoms with Gasteiger partial charge in [0.25, 0.3) is 0 Å². The van der Waals surface area contributed by atoms with E-state index >= 15 is 0 Å². The molecule has 0 saturated heterocycles. The molecule has 0 aliphatic carbocycles. The van der Waals surface area contributed by atoms with Crippen LogP contribution in [0.3, 0.4) is 0 Å². The molecule has 5 rings (SSSR count). The van der Waals surface area contributed by atoms with Crippen molar-refractivity contribution in [1.29, 1.82) is 0 Å². The van der Waals surface area contributed by atoms with Gasteiger partial charge in [-0.25, -0.2) is 4.79 Å². The van der Waals surface area contributed by atoms with Crippen molar-refractivity contribution in [3.8, 4) is 23.0 Å². The van der Waals surface area contributed by atoms with Crippen LogP contribution in [0.2, 0.25) is 0 Å². The number of phenolic OH excluding ortho intramolecular Hbond substituents is 1. The number of aromatic hydroxyl groups is 1. The van der Waals surface area contributed by atoms with Gasteiger partial charge in [-0.05, 0) is 48.0 Å². The maximum Gasteiger partial charge on any atom is 0.328 e. The molecule has 0 saturated carbocycles. The summed E-state index contributed by atoms with van der Waals surface area (Å²) < 4.78 is 19.6. The normalized spacial score (nSPS) is 14.4. The van der Waals surface area contributed by atoms with E-state index in [0.29, 0.717) is 33.7 Å². The van der Waals surface area contributed by atoms with Crippen molar-refractivity contribution < 1.29 is 34.0 Å². The van der Waals surface area contributed by atoms with Crippen LogP contribution in [0.15, 0.2) is 59.1 Å². The van der Waals surface area contributed by atoms with Crippen LogP contribution in [0.25, 0.3) is 17.1 Å². The van der Waals surface area contributed by atoms with Gasteiger partial charge >= 0.3 is 11.7 Å². The number of aliphatic carboxylic acids is 1. The molecule has 200 valence electrons. The molecular formula is C29H26N2O8. The zero-order chi connectivity index (χ0) is 28.0. The number of ether oxygens (including phenoxy) is 3. The van der Waals surface area contributed by atoms with E-state index in [2.05, 4.69) is 0 Å². The van der Waals surface area contributed by atoms with E-state index in [-0.39, 0.29) is 40.5 Å². The van der Waals surface area contributed by atoms with E-state index in [1.54, 1.807) is 50.5 Å². The highest BCUT2D eigenvalue weighted by Gasteiger charge is 2.35. The maximum absolute atomic E-state index is 13.3. The smallest absolute Gasteiger partial charge is 0.328 e. The summed E-state index contributed by atoms with van der Waals surface area (Å²) in [5.41, 5.74) is 2.54. The molecule has 1 aliphatic heterocycles. The number of aryl methyl sites for hydroxylation is 2. The average Bonchev–Trinajstić information content (AvgIpc) is 3.35. The van der Waals surface area contributed by atoms with Crippen molar-refractivity contribution in [2.75, 3.05) is 14.2 Å². The highest BCUT2D eigenvalue weighted by molar-refractivity contribution is 6.15. The first-order valence-corrected chi connectivity index (χ1v) is 12.0. The Morgan fingerprint density at radius 2 is 1.74 bits per heavy atom. The molecule has 10 nitrogen and oxygen atoms in total. The Morgan fingerprint density at radius 1 is 1.00 bits per heavy atom. The number of carboxylic acids is 1. The molecule has 3 aromatic carbocycles. The van der Waals surface area contributed by atoms with Gasteiger partial charge in [-0.1, -0.05) is 6.07 Å². The van der Waals surface area contributed by atoms with Gasteiger partial charge in [-0.3, -0.25) is 18.7 Å². The van der Waals surface area contributed by atoms with E-state index in [4.69, 9.17) is 14.2 Å². The number of phenols is 1. The van der Waals surface area contributed by atoms with E-state index < -0.39 is 17.7 Å². The summed E-state index contributed by atoms with van der Waals surface area (Å²) in [7, 11) is 6.31. The second-order valence-electron chi connectivity index (χ2n) is 9.22. The minimum Gasteiger partial charge on any atom is -0.508 e. The van der Waals surface area contributed by atoms with Crippen LogP contribution in [-0.4, -0.2) is 45.3 Å². The summed E-state index contributed by atoms with van der Waals surface area (Å²) in [5.74, 6) is -1.49. The van der Waals surface area contributed by atoms with Gasteiger partial charge in [-0.2, -0.15) is 0 Å². The monoisotopic (exact) mass is 530 g/mol. The number of fused-ring (bicyclic) bond motifs is 2. The standard InChI is InChI=1S/C29H26N2O8/c1-30-20-9-6-15(11-21(20)31(2)29(30)36)19(14-25(33)34)26-22(32)10-8-18-27(35)24(39-28(18)26)12-16-5-7-17(37-3)13-23(16)38-4/h5-13,19,32H,14H2,1-4H3,(H,33,34). The van der Waals surface area contributed by atoms with Crippen molar-refractivity contribution >= 4 is 28.9 Å². The third-order valence-electron chi connectivity index (χ3n) is 7.01. The first-order valence-electron chi connectivity index (χ1n) is 12.0. The predicted molar refractivity (Wildman–Crippen MR) is 143 cm³/mol. The topological polar surface area (TPSA) is 129 Å². The van der Waals surface area contributed by atoms with Crippen molar-refractivity contribution in [3.05, 3.63) is 87.0 Å². The molecule has 0 bridgehead atoms. The van der Waals surface area contributed by atoms with Crippen molar-refractivity contribution in [1.82, 2.24) is 9.13 Å². The molecular weight excluding hydrogens is 504 g/mol. The molecule has 10 heteroatoms. The number of benzene rings is 3. The lowest BCUT2D eigenvalue weighted by atomic mass is 9.86. The molecule has 4 aromatic rings. The zero-order valence-corrected chi connectivity index (χ0v) is 21.7. The third kappa shape index (κ3) is 4.29. The zero-order valence-electron chi connectivity index (χ0n) is 21.7. The van der Waals surface area contributed by atoms with Crippen molar-refractivity contribution in [2.45, 2.75) is 12.3 Å². The minimum absolute atomic E-state index is 0.00435. The van der Waals surface area contributed by atoms with Crippen LogP contribution in [0.5, 0.6) is 23.0 Å². The Morgan fingerprint density at radius 3 is 2.44 bits per heavy atom. The lowest BCUT2D eigenvalue weighted by Gasteiger charge is -2.20. The van der Waals surface area contributed by atoms with Crippen molar-refractivity contribution in [3.63, 3.8) is 0 Å². The summed E-state index contributed by atoms with van der Waals surface area (Å²) in [6.07, 6.45) is 1.14. The third-order valence-corrected chi connectivity index (χ3v) is 7.01. The Kier molecular flexibility index (Phi) is 6.39. The summed E-state index contributed by atoms with van der Waals surface area (Å²) in [6.45, 7) is 0. The molecule has 0 radical (unpaired) electrons. The van der Waals surface area contributed by atoms with E-state index in [1.165, 1.54) is 41.6 Å². The molecule has 39 heavy (non-hydrogen) atoms. The second kappa shape index (κ2) is 9.71. The Balaban J connectivity index is 1.64. The highest BCUT2D eigenvalue weighted by atomic mass is 16.5. The second-order valence-corrected chi connectivity index (χ2v) is 9.22. The fourth-order valence-electron chi connectivity index (χ4n) is 4.98. The van der Waals surface area contributed by atoms with Gasteiger partial charge in [0.05, 0.1) is 37.2 Å². The number of methoxy groups -OCH3 is 2. The lowest BCUT2D eigenvalue weighted by molar-refractivity contribution is -0.137. The number of carbonyl (C=O) groups excluding carboxylic acids is 1. The molecule has 0 spiro atoms. The molecule has 1 aliphatic rings. The van der Waals surface area contributed by atoms with Gasteiger partial charge in [0.2, 0.25) is 5.78 Å². The molecule has 2 heterocycles. The molecule has 1 unspecified atom stereocenters. The number of hydrogen-bond donors (Lipinski definition) is 2. The molecule has 1 aromatic heterocycles. The van der Waals surface area contributed by atoms with Crippen LogP contribution in [0.4, 0.5) is 0 Å². The molecule has 2 N–H and O–H groups in total. The van der Waals surface area contributed by atoms with Gasteiger partial charge < -0.3 is 24.4 Å². The Bertz CT molecular complexity index is 1740. The number of allylic oxidation sites excluding steroid dienone is 1. The van der Waals surface area contributed by atoms with Gasteiger partial charge in [0, 0.05) is 37.2 Å². The quantitative estimate of drug-likeness (QED) is 0.345. The summed E-state index contributed by atoms with van der Waals surface area (Å²) >= 11 is 0. The maximum atomic E-state index is 13.3. The lowest BCUT2D eigenvalue weighted by Crippen LogP contribution is -2.19. The number of rotatable bonds is 7. The predicted octanol–water partition coefficient (Wildman–Crippen LogP) is 3.82. The van der Waals surface area contributed by atoms with E-state index in [1.807, 2.05) is 0 Å². The Hall–Kier alpha value is -4.99. The molecule has 0 fully saturated rings. The van der Waals surface area contributed by atoms with E-state index in [9.17, 15) is 24.6 Å². The van der Waals surface area contributed by atoms with Crippen molar-refractivity contribution in [2.24, 2.45) is 14.1 Å². The van der Waals surface area contributed by atoms with Gasteiger partial charge in [0.15, 0.2) is 5.76 Å². The fraction of sp³-hybridized carbons (Fsp3) is 0.207. The first-order chi connectivity index (χ1) is 18.6.